The summed E-state index contributed by atoms with van der Waals surface area (Å²) in [5, 5.41) is 1.99. The molecule has 26 heavy (non-hydrogen) atoms. The van der Waals surface area contributed by atoms with Crippen molar-refractivity contribution in [2.24, 2.45) is 5.92 Å². The van der Waals surface area contributed by atoms with Crippen LogP contribution in [-0.4, -0.2) is 22.3 Å². The number of nitrogens with one attached hydrogen (secondary N) is 1. The number of hydrogen-bond donors (Lipinski definition) is 1. The molecule has 1 amide bonds. The fraction of sp³-hybridized carbons (Fsp3) is 0.286. The van der Waals surface area contributed by atoms with Gasteiger partial charge in [-0.2, -0.15) is 0 Å². The summed E-state index contributed by atoms with van der Waals surface area (Å²) in [5.74, 6) is 0.619. The van der Waals surface area contributed by atoms with Crippen LogP contribution in [-0.2, 0) is 17.8 Å². The molecule has 0 bridgehead atoms. The maximum atomic E-state index is 13.1. The van der Waals surface area contributed by atoms with E-state index in [1.807, 2.05) is 35.2 Å². The summed E-state index contributed by atoms with van der Waals surface area (Å²) in [7, 11) is 0. The van der Waals surface area contributed by atoms with Gasteiger partial charge in [-0.1, -0.05) is 41.9 Å². The SMILES string of the molecule is O=C(C1CC1c1ccccc1Cl)N1CCc2[nH]c3c(Br)cccc3c2C1. The summed E-state index contributed by atoms with van der Waals surface area (Å²) < 4.78 is 1.07. The lowest BCUT2D eigenvalue weighted by Gasteiger charge is -2.27. The predicted molar refractivity (Wildman–Crippen MR) is 107 cm³/mol. The van der Waals surface area contributed by atoms with Crippen molar-refractivity contribution in [1.29, 1.82) is 0 Å². The zero-order valence-corrected chi connectivity index (χ0v) is 16.5. The zero-order chi connectivity index (χ0) is 17.8. The Morgan fingerprint density at radius 1 is 1.19 bits per heavy atom. The molecular formula is C21H18BrClN2O. The number of hydrogen-bond acceptors (Lipinski definition) is 1. The third kappa shape index (κ3) is 2.58. The van der Waals surface area contributed by atoms with E-state index in [-0.39, 0.29) is 17.7 Å². The van der Waals surface area contributed by atoms with Crippen molar-refractivity contribution < 1.29 is 4.79 Å². The van der Waals surface area contributed by atoms with E-state index in [0.29, 0.717) is 6.54 Å². The summed E-state index contributed by atoms with van der Waals surface area (Å²) >= 11 is 9.93. The number of carbonyl (C=O) groups excluding carboxylic acids is 1. The second-order valence-corrected chi connectivity index (χ2v) is 8.49. The second-order valence-electron chi connectivity index (χ2n) is 7.22. The van der Waals surface area contributed by atoms with Crippen molar-refractivity contribution in [3.8, 4) is 0 Å². The number of rotatable bonds is 2. The number of nitrogens with zero attached hydrogens (tertiary/aromatic N) is 1. The molecular weight excluding hydrogens is 412 g/mol. The number of aromatic amines is 1. The number of fused-ring (bicyclic) bond motifs is 3. The smallest absolute Gasteiger partial charge is 0.226 e. The van der Waals surface area contributed by atoms with Gasteiger partial charge in [0.25, 0.3) is 0 Å². The number of halogens is 2. The highest BCUT2D eigenvalue weighted by Crippen LogP contribution is 2.50. The van der Waals surface area contributed by atoms with Gasteiger partial charge in [-0.3, -0.25) is 4.79 Å². The lowest BCUT2D eigenvalue weighted by molar-refractivity contribution is -0.133. The summed E-state index contributed by atoms with van der Waals surface area (Å²) in [4.78, 5) is 18.6. The van der Waals surface area contributed by atoms with Crippen molar-refractivity contribution in [3.05, 3.63) is 68.8 Å². The zero-order valence-electron chi connectivity index (χ0n) is 14.1. The molecule has 0 spiro atoms. The minimum Gasteiger partial charge on any atom is -0.357 e. The van der Waals surface area contributed by atoms with E-state index in [2.05, 4.69) is 33.0 Å². The molecule has 1 aliphatic carbocycles. The molecule has 1 fully saturated rings. The van der Waals surface area contributed by atoms with Gasteiger partial charge in [0.05, 0.1) is 5.52 Å². The molecule has 5 rings (SSSR count). The van der Waals surface area contributed by atoms with Crippen LogP contribution in [0, 0.1) is 5.92 Å². The molecule has 2 aliphatic rings. The molecule has 132 valence electrons. The maximum absolute atomic E-state index is 13.1. The largest absolute Gasteiger partial charge is 0.357 e. The highest BCUT2D eigenvalue weighted by atomic mass is 79.9. The van der Waals surface area contributed by atoms with Crippen LogP contribution < -0.4 is 0 Å². The van der Waals surface area contributed by atoms with Gasteiger partial charge in [0.1, 0.15) is 0 Å². The summed E-state index contributed by atoms with van der Waals surface area (Å²) in [5.41, 5.74) is 4.76. The van der Waals surface area contributed by atoms with Crippen LogP contribution in [0.15, 0.2) is 46.9 Å². The molecule has 1 saturated carbocycles. The van der Waals surface area contributed by atoms with E-state index in [1.165, 1.54) is 16.6 Å². The van der Waals surface area contributed by atoms with Gasteiger partial charge in [0.15, 0.2) is 0 Å². The Morgan fingerprint density at radius 2 is 2.04 bits per heavy atom. The normalized spacial score (nSPS) is 21.7. The van der Waals surface area contributed by atoms with Crippen molar-refractivity contribution >= 4 is 44.3 Å². The van der Waals surface area contributed by atoms with Gasteiger partial charge in [-0.25, -0.2) is 0 Å². The van der Waals surface area contributed by atoms with Crippen LogP contribution in [0.4, 0.5) is 0 Å². The van der Waals surface area contributed by atoms with Crippen molar-refractivity contribution in [1.82, 2.24) is 9.88 Å². The van der Waals surface area contributed by atoms with Crippen LogP contribution in [0.2, 0.25) is 5.02 Å². The van der Waals surface area contributed by atoms with E-state index in [9.17, 15) is 4.79 Å². The van der Waals surface area contributed by atoms with Crippen molar-refractivity contribution in [3.63, 3.8) is 0 Å². The van der Waals surface area contributed by atoms with Crippen LogP contribution in [0.5, 0.6) is 0 Å². The average molecular weight is 430 g/mol. The van der Waals surface area contributed by atoms with Gasteiger partial charge in [-0.15, -0.1) is 0 Å². The molecule has 3 aromatic rings. The Balaban J connectivity index is 1.38. The highest BCUT2D eigenvalue weighted by molar-refractivity contribution is 9.10. The third-order valence-corrected chi connectivity index (χ3v) is 6.69. The number of aromatic nitrogens is 1. The first-order valence-corrected chi connectivity index (χ1v) is 10.1. The van der Waals surface area contributed by atoms with Gasteiger partial charge in [-0.05, 0) is 46.0 Å². The Labute approximate surface area is 165 Å². The standard InChI is InChI=1S/C21H18BrClN2O/c22-17-6-3-5-13-16-11-25(9-8-19(16)24-20(13)17)21(26)15-10-14(15)12-4-1-2-7-18(12)23/h1-7,14-15,24H,8-11H2. The summed E-state index contributed by atoms with van der Waals surface area (Å²) in [6.45, 7) is 1.47. The van der Waals surface area contributed by atoms with Crippen LogP contribution in [0.25, 0.3) is 10.9 Å². The molecule has 2 aromatic carbocycles. The average Bonchev–Trinajstić information content (AvgIpc) is 3.35. The van der Waals surface area contributed by atoms with E-state index in [1.54, 1.807) is 0 Å². The number of amides is 1. The molecule has 5 heteroatoms. The molecule has 1 N–H and O–H groups in total. The first-order chi connectivity index (χ1) is 12.6. The van der Waals surface area contributed by atoms with E-state index in [0.717, 1.165) is 40.0 Å². The third-order valence-electron chi connectivity index (χ3n) is 5.68. The quantitative estimate of drug-likeness (QED) is 0.592. The van der Waals surface area contributed by atoms with Gasteiger partial charge < -0.3 is 9.88 Å². The first kappa shape index (κ1) is 16.4. The Bertz CT molecular complexity index is 1030. The second kappa shape index (κ2) is 6.14. The summed E-state index contributed by atoms with van der Waals surface area (Å²) in [6.07, 6.45) is 1.79. The maximum Gasteiger partial charge on any atom is 0.226 e. The van der Waals surface area contributed by atoms with Crippen LogP contribution in [0.1, 0.15) is 29.2 Å². The molecule has 3 nitrogen and oxygen atoms in total. The van der Waals surface area contributed by atoms with Gasteiger partial charge in [0, 0.05) is 51.6 Å². The molecule has 2 unspecified atom stereocenters. The fourth-order valence-electron chi connectivity index (χ4n) is 4.21. The van der Waals surface area contributed by atoms with E-state index < -0.39 is 0 Å². The molecule has 2 atom stereocenters. The Morgan fingerprint density at radius 3 is 2.88 bits per heavy atom. The Hall–Kier alpha value is -1.78. The van der Waals surface area contributed by atoms with Crippen molar-refractivity contribution in [2.75, 3.05) is 6.54 Å². The number of carbonyl (C=O) groups is 1. The van der Waals surface area contributed by atoms with E-state index in [4.69, 9.17) is 11.6 Å². The van der Waals surface area contributed by atoms with Crippen LogP contribution in [0.3, 0.4) is 0 Å². The lowest BCUT2D eigenvalue weighted by Crippen LogP contribution is -2.37. The topological polar surface area (TPSA) is 36.1 Å². The molecule has 2 heterocycles. The summed E-state index contributed by atoms with van der Waals surface area (Å²) in [6, 6.07) is 14.1. The number of benzene rings is 2. The lowest BCUT2D eigenvalue weighted by atomic mass is 10.0. The minimum absolute atomic E-state index is 0.0772. The number of H-pyrrole nitrogens is 1. The van der Waals surface area contributed by atoms with Crippen LogP contribution >= 0.6 is 27.5 Å². The fourth-order valence-corrected chi connectivity index (χ4v) is 4.95. The van der Waals surface area contributed by atoms with Crippen molar-refractivity contribution in [2.45, 2.75) is 25.3 Å². The number of para-hydroxylation sites is 1. The molecule has 0 radical (unpaired) electrons. The predicted octanol–water partition coefficient (Wildman–Crippen LogP) is 5.27. The highest BCUT2D eigenvalue weighted by Gasteiger charge is 2.47. The van der Waals surface area contributed by atoms with E-state index >= 15 is 0 Å². The molecule has 1 aromatic heterocycles. The minimum atomic E-state index is 0.0772. The molecule has 1 aliphatic heterocycles. The van der Waals surface area contributed by atoms with Gasteiger partial charge >= 0.3 is 0 Å². The first-order valence-electron chi connectivity index (χ1n) is 8.94. The molecule has 0 saturated heterocycles. The monoisotopic (exact) mass is 428 g/mol. The Kier molecular flexibility index (Phi) is 3.87. The van der Waals surface area contributed by atoms with Gasteiger partial charge in [0.2, 0.25) is 5.91 Å².